The number of rotatable bonds is 1. The van der Waals surface area contributed by atoms with Crippen LogP contribution in [0.4, 0.5) is 0 Å². The van der Waals surface area contributed by atoms with E-state index in [1.807, 2.05) is 32.0 Å². The number of halogens is 1. The number of nitrogens with zero attached hydrogens (tertiary/aromatic N) is 1. The molecule has 0 saturated heterocycles. The van der Waals surface area contributed by atoms with Crippen molar-refractivity contribution in [3.05, 3.63) is 28.5 Å². The van der Waals surface area contributed by atoms with Crippen molar-refractivity contribution < 1.29 is 0 Å². The Bertz CT molecular complexity index is 282. The number of hydrogen-bond donors (Lipinski definition) is 1. The molecule has 1 aromatic heterocycles. The van der Waals surface area contributed by atoms with Crippen molar-refractivity contribution in [2.75, 3.05) is 0 Å². The fraction of sp³-hybridized carbons (Fsp3) is 0.500. The van der Waals surface area contributed by atoms with Gasteiger partial charge in [-0.2, -0.15) is 0 Å². The lowest BCUT2D eigenvalue weighted by molar-refractivity contribution is 0.705. The molecule has 0 unspecified atom stereocenters. The maximum Gasteiger partial charge on any atom is 0.106 e. The van der Waals surface area contributed by atoms with E-state index in [4.69, 9.17) is 5.73 Å². The quantitative estimate of drug-likeness (QED) is 0.770. The molecule has 1 aliphatic carbocycles. The van der Waals surface area contributed by atoms with Gasteiger partial charge in [0.25, 0.3) is 0 Å². The second kappa shape index (κ2) is 4.20. The van der Waals surface area contributed by atoms with Gasteiger partial charge in [-0.15, -0.1) is 0 Å². The predicted octanol–water partition coefficient (Wildman–Crippen LogP) is 2.82. The minimum absolute atomic E-state index is 0.107. The zero-order valence-electron chi connectivity index (χ0n) is 8.05. The van der Waals surface area contributed by atoms with Crippen molar-refractivity contribution in [3.63, 3.8) is 0 Å². The van der Waals surface area contributed by atoms with Crippen LogP contribution in [0.15, 0.2) is 22.8 Å². The zero-order chi connectivity index (χ0) is 9.90. The van der Waals surface area contributed by atoms with Crippen molar-refractivity contribution in [2.45, 2.75) is 32.2 Å². The van der Waals surface area contributed by atoms with Crippen molar-refractivity contribution in [3.8, 4) is 0 Å². The highest BCUT2D eigenvalue weighted by Crippen LogP contribution is 2.41. The summed E-state index contributed by atoms with van der Waals surface area (Å²) in [6.07, 6.45) is 2.13. The SMILES string of the molecule is CC.NC1(c2cccc(Br)n2)CC1. The predicted molar refractivity (Wildman–Crippen MR) is 58.4 cm³/mol. The standard InChI is InChI=1S/C8H9BrN2.C2H6/c9-7-3-1-2-6(11-7)8(10)4-5-8;1-2/h1-3H,4-5,10H2;1-2H3. The van der Waals surface area contributed by atoms with E-state index in [1.54, 1.807) is 0 Å². The van der Waals surface area contributed by atoms with Crippen LogP contribution in [0.3, 0.4) is 0 Å². The van der Waals surface area contributed by atoms with Crippen LogP contribution < -0.4 is 5.73 Å². The van der Waals surface area contributed by atoms with Gasteiger partial charge in [0.2, 0.25) is 0 Å². The van der Waals surface area contributed by atoms with Gasteiger partial charge in [0.15, 0.2) is 0 Å². The average molecular weight is 243 g/mol. The van der Waals surface area contributed by atoms with E-state index >= 15 is 0 Å². The first-order valence-corrected chi connectivity index (χ1v) is 5.42. The molecular weight excluding hydrogens is 228 g/mol. The summed E-state index contributed by atoms with van der Waals surface area (Å²) in [6.45, 7) is 4.00. The van der Waals surface area contributed by atoms with Crippen molar-refractivity contribution in [2.24, 2.45) is 5.73 Å². The first-order chi connectivity index (χ1) is 6.21. The highest BCUT2D eigenvalue weighted by Gasteiger charge is 2.41. The Morgan fingerprint density at radius 1 is 1.38 bits per heavy atom. The molecule has 1 saturated carbocycles. The van der Waals surface area contributed by atoms with Gasteiger partial charge in [-0.05, 0) is 40.9 Å². The Morgan fingerprint density at radius 2 is 2.00 bits per heavy atom. The first-order valence-electron chi connectivity index (χ1n) is 4.63. The lowest BCUT2D eigenvalue weighted by atomic mass is 10.2. The molecule has 1 aromatic rings. The molecule has 0 aliphatic heterocycles. The third-order valence-electron chi connectivity index (χ3n) is 2.01. The van der Waals surface area contributed by atoms with E-state index in [0.717, 1.165) is 23.1 Å². The van der Waals surface area contributed by atoms with Crippen molar-refractivity contribution in [1.82, 2.24) is 4.98 Å². The molecule has 1 heterocycles. The Labute approximate surface area is 87.7 Å². The Morgan fingerprint density at radius 3 is 2.46 bits per heavy atom. The van der Waals surface area contributed by atoms with Crippen LogP contribution in [0.5, 0.6) is 0 Å². The van der Waals surface area contributed by atoms with Gasteiger partial charge in [0.1, 0.15) is 4.60 Å². The summed E-state index contributed by atoms with van der Waals surface area (Å²) < 4.78 is 0.867. The molecule has 2 N–H and O–H groups in total. The van der Waals surface area contributed by atoms with Gasteiger partial charge in [-0.3, -0.25) is 0 Å². The van der Waals surface area contributed by atoms with Gasteiger partial charge < -0.3 is 5.73 Å². The first kappa shape index (κ1) is 10.7. The summed E-state index contributed by atoms with van der Waals surface area (Å²) in [5.74, 6) is 0. The molecule has 1 aliphatic rings. The maximum absolute atomic E-state index is 5.95. The molecule has 2 nitrogen and oxygen atoms in total. The summed E-state index contributed by atoms with van der Waals surface area (Å²) in [4.78, 5) is 4.30. The maximum atomic E-state index is 5.95. The second-order valence-corrected chi connectivity index (χ2v) is 3.81. The molecule has 72 valence electrons. The normalized spacial score (nSPS) is 17.2. The molecule has 0 bridgehead atoms. The lowest BCUT2D eigenvalue weighted by Crippen LogP contribution is -2.20. The lowest BCUT2D eigenvalue weighted by Gasteiger charge is -2.06. The highest BCUT2D eigenvalue weighted by atomic mass is 79.9. The summed E-state index contributed by atoms with van der Waals surface area (Å²) >= 11 is 3.32. The summed E-state index contributed by atoms with van der Waals surface area (Å²) in [5.41, 5.74) is 6.85. The second-order valence-electron chi connectivity index (χ2n) is 3.00. The zero-order valence-corrected chi connectivity index (χ0v) is 9.63. The minimum atomic E-state index is -0.107. The molecule has 0 radical (unpaired) electrons. The van der Waals surface area contributed by atoms with Crippen molar-refractivity contribution in [1.29, 1.82) is 0 Å². The van der Waals surface area contributed by atoms with E-state index in [2.05, 4.69) is 20.9 Å². The fourth-order valence-electron chi connectivity index (χ4n) is 1.08. The van der Waals surface area contributed by atoms with Crippen LogP contribution >= 0.6 is 15.9 Å². The fourth-order valence-corrected chi connectivity index (χ4v) is 1.42. The van der Waals surface area contributed by atoms with Gasteiger partial charge >= 0.3 is 0 Å². The van der Waals surface area contributed by atoms with Crippen LogP contribution in [0.1, 0.15) is 32.4 Å². The average Bonchev–Trinajstić information content (AvgIpc) is 2.89. The topological polar surface area (TPSA) is 38.9 Å². The van der Waals surface area contributed by atoms with E-state index < -0.39 is 0 Å². The molecule has 0 atom stereocenters. The van der Waals surface area contributed by atoms with Gasteiger partial charge in [-0.25, -0.2) is 4.98 Å². The molecule has 3 heteroatoms. The van der Waals surface area contributed by atoms with Crippen LogP contribution in [0, 0.1) is 0 Å². The minimum Gasteiger partial charge on any atom is -0.320 e. The number of aromatic nitrogens is 1. The van der Waals surface area contributed by atoms with Crippen LogP contribution in [0.2, 0.25) is 0 Å². The Hall–Kier alpha value is -0.410. The summed E-state index contributed by atoms with van der Waals surface area (Å²) in [6, 6.07) is 5.87. The summed E-state index contributed by atoms with van der Waals surface area (Å²) in [7, 11) is 0. The Kier molecular flexibility index (Phi) is 3.45. The number of nitrogens with two attached hydrogens (primary N) is 1. The molecule has 0 aromatic carbocycles. The van der Waals surface area contributed by atoms with Gasteiger partial charge in [-0.1, -0.05) is 19.9 Å². The smallest absolute Gasteiger partial charge is 0.106 e. The largest absolute Gasteiger partial charge is 0.320 e. The number of pyridine rings is 1. The van der Waals surface area contributed by atoms with E-state index in [9.17, 15) is 0 Å². The van der Waals surface area contributed by atoms with Crippen LogP contribution in [0.25, 0.3) is 0 Å². The molecular formula is C10H15BrN2. The molecule has 2 rings (SSSR count). The van der Waals surface area contributed by atoms with Crippen LogP contribution in [-0.2, 0) is 5.54 Å². The van der Waals surface area contributed by atoms with E-state index in [-0.39, 0.29) is 5.54 Å². The van der Waals surface area contributed by atoms with Crippen molar-refractivity contribution >= 4 is 15.9 Å². The van der Waals surface area contributed by atoms with E-state index in [1.165, 1.54) is 0 Å². The molecule has 0 spiro atoms. The van der Waals surface area contributed by atoms with Gasteiger partial charge in [0, 0.05) is 0 Å². The van der Waals surface area contributed by atoms with Gasteiger partial charge in [0.05, 0.1) is 11.2 Å². The molecule has 1 fully saturated rings. The molecule has 13 heavy (non-hydrogen) atoms. The van der Waals surface area contributed by atoms with Crippen LogP contribution in [-0.4, -0.2) is 4.98 Å². The third-order valence-corrected chi connectivity index (χ3v) is 2.46. The third kappa shape index (κ3) is 2.51. The van der Waals surface area contributed by atoms with E-state index in [0.29, 0.717) is 0 Å². The highest BCUT2D eigenvalue weighted by molar-refractivity contribution is 9.10. The number of hydrogen-bond acceptors (Lipinski definition) is 2. The monoisotopic (exact) mass is 242 g/mol. The Balaban J connectivity index is 0.000000396. The molecule has 0 amide bonds. The summed E-state index contributed by atoms with van der Waals surface area (Å²) in [5, 5.41) is 0.